The molecule has 0 bridgehead atoms. The van der Waals surface area contributed by atoms with Crippen LogP contribution < -0.4 is 5.32 Å². The third-order valence-electron chi connectivity index (χ3n) is 2.41. The van der Waals surface area contributed by atoms with Crippen molar-refractivity contribution in [2.45, 2.75) is 24.2 Å². The first kappa shape index (κ1) is 12.3. The molecule has 0 saturated carbocycles. The SMILES string of the molecule is CS(=O)(=O)C1CCC(CNC(=O)O)OC1. The van der Waals surface area contributed by atoms with Crippen LogP contribution in [0.15, 0.2) is 0 Å². The second-order valence-corrected chi connectivity index (χ2v) is 6.00. The lowest BCUT2D eigenvalue weighted by Gasteiger charge is -2.27. The molecule has 7 heteroatoms. The van der Waals surface area contributed by atoms with E-state index in [1.807, 2.05) is 0 Å². The van der Waals surface area contributed by atoms with Crippen LogP contribution in [0.2, 0.25) is 0 Å². The molecule has 0 aromatic heterocycles. The summed E-state index contributed by atoms with van der Waals surface area (Å²) in [6.45, 7) is 0.372. The summed E-state index contributed by atoms with van der Waals surface area (Å²) in [5, 5.41) is 10.1. The molecule has 6 nitrogen and oxygen atoms in total. The first-order valence-corrected chi connectivity index (χ1v) is 6.62. The van der Waals surface area contributed by atoms with E-state index >= 15 is 0 Å². The van der Waals surface area contributed by atoms with Crippen molar-refractivity contribution in [3.8, 4) is 0 Å². The predicted molar refractivity (Wildman–Crippen MR) is 53.6 cm³/mol. The lowest BCUT2D eigenvalue weighted by Crippen LogP contribution is -2.40. The number of rotatable bonds is 3. The highest BCUT2D eigenvalue weighted by molar-refractivity contribution is 7.91. The van der Waals surface area contributed by atoms with Crippen molar-refractivity contribution in [3.05, 3.63) is 0 Å². The van der Waals surface area contributed by atoms with Crippen molar-refractivity contribution < 1.29 is 23.1 Å². The van der Waals surface area contributed by atoms with Gasteiger partial charge in [0.25, 0.3) is 0 Å². The molecular formula is C8H15NO5S. The first-order chi connectivity index (χ1) is 6.89. The van der Waals surface area contributed by atoms with Crippen LogP contribution >= 0.6 is 0 Å². The van der Waals surface area contributed by atoms with Crippen molar-refractivity contribution >= 4 is 15.9 Å². The number of carboxylic acid groups (broad SMARTS) is 1. The van der Waals surface area contributed by atoms with E-state index in [-0.39, 0.29) is 19.3 Å². The zero-order valence-corrected chi connectivity index (χ0v) is 9.29. The molecule has 2 N–H and O–H groups in total. The van der Waals surface area contributed by atoms with Crippen molar-refractivity contribution in [1.82, 2.24) is 5.32 Å². The molecule has 0 aromatic carbocycles. The number of amides is 1. The molecule has 0 radical (unpaired) electrons. The fourth-order valence-electron chi connectivity index (χ4n) is 1.48. The Kier molecular flexibility index (Phi) is 3.92. The van der Waals surface area contributed by atoms with Gasteiger partial charge in [-0.3, -0.25) is 0 Å². The molecule has 15 heavy (non-hydrogen) atoms. The summed E-state index contributed by atoms with van der Waals surface area (Å²) in [4.78, 5) is 10.2. The molecule has 1 saturated heterocycles. The maximum atomic E-state index is 11.2. The van der Waals surface area contributed by atoms with Crippen molar-refractivity contribution in [3.63, 3.8) is 0 Å². The third-order valence-corrected chi connectivity index (χ3v) is 4.00. The van der Waals surface area contributed by atoms with Crippen LogP contribution in [0.5, 0.6) is 0 Å². The molecule has 2 atom stereocenters. The fraction of sp³-hybridized carbons (Fsp3) is 0.875. The highest BCUT2D eigenvalue weighted by atomic mass is 32.2. The van der Waals surface area contributed by atoms with Gasteiger partial charge in [-0.1, -0.05) is 0 Å². The van der Waals surface area contributed by atoms with Crippen LogP contribution in [0.1, 0.15) is 12.8 Å². The van der Waals surface area contributed by atoms with E-state index in [1.165, 1.54) is 6.26 Å². The Labute approximate surface area is 88.5 Å². The van der Waals surface area contributed by atoms with Crippen LogP contribution in [0.25, 0.3) is 0 Å². The van der Waals surface area contributed by atoms with Crippen molar-refractivity contribution in [1.29, 1.82) is 0 Å². The molecule has 1 aliphatic rings. The maximum absolute atomic E-state index is 11.2. The number of ether oxygens (including phenoxy) is 1. The second kappa shape index (κ2) is 4.80. The van der Waals surface area contributed by atoms with Gasteiger partial charge < -0.3 is 15.2 Å². The molecule has 1 amide bonds. The minimum absolute atomic E-state index is 0.158. The van der Waals surface area contributed by atoms with Gasteiger partial charge >= 0.3 is 6.09 Å². The molecule has 1 rings (SSSR count). The van der Waals surface area contributed by atoms with E-state index in [9.17, 15) is 13.2 Å². The Morgan fingerprint density at radius 3 is 2.60 bits per heavy atom. The Balaban J connectivity index is 2.33. The summed E-state index contributed by atoms with van der Waals surface area (Å²) in [7, 11) is -3.04. The monoisotopic (exact) mass is 237 g/mol. The fourth-order valence-corrected chi connectivity index (χ4v) is 2.37. The smallest absolute Gasteiger partial charge is 0.404 e. The molecule has 0 aliphatic carbocycles. The third kappa shape index (κ3) is 4.05. The maximum Gasteiger partial charge on any atom is 0.404 e. The summed E-state index contributed by atoms with van der Waals surface area (Å²) in [6, 6.07) is 0. The van der Waals surface area contributed by atoms with Gasteiger partial charge in [0.05, 0.1) is 18.0 Å². The molecule has 1 aliphatic heterocycles. The summed E-state index contributed by atoms with van der Waals surface area (Å²) < 4.78 is 27.6. The van der Waals surface area contributed by atoms with Gasteiger partial charge in [0, 0.05) is 12.8 Å². The van der Waals surface area contributed by atoms with Gasteiger partial charge in [0.2, 0.25) is 0 Å². The van der Waals surface area contributed by atoms with E-state index in [4.69, 9.17) is 9.84 Å². The molecule has 1 fully saturated rings. The van der Waals surface area contributed by atoms with Crippen LogP contribution in [0.4, 0.5) is 4.79 Å². The average molecular weight is 237 g/mol. The number of sulfone groups is 1. The summed E-state index contributed by atoms with van der Waals surface area (Å²) in [5.74, 6) is 0. The molecular weight excluding hydrogens is 222 g/mol. The zero-order valence-electron chi connectivity index (χ0n) is 8.47. The predicted octanol–water partition coefficient (Wildman–Crippen LogP) is -0.154. The number of nitrogens with one attached hydrogen (secondary N) is 1. The molecule has 2 unspecified atom stereocenters. The van der Waals surface area contributed by atoms with Gasteiger partial charge in [-0.2, -0.15) is 0 Å². The Morgan fingerprint density at radius 2 is 2.20 bits per heavy atom. The number of hydrogen-bond acceptors (Lipinski definition) is 4. The minimum atomic E-state index is -3.04. The van der Waals surface area contributed by atoms with E-state index in [2.05, 4.69) is 5.32 Å². The summed E-state index contributed by atoms with van der Waals surface area (Å²) >= 11 is 0. The van der Waals surface area contributed by atoms with Crippen LogP contribution in [-0.2, 0) is 14.6 Å². The van der Waals surface area contributed by atoms with Crippen LogP contribution in [-0.4, -0.2) is 50.4 Å². The van der Waals surface area contributed by atoms with Gasteiger partial charge in [-0.25, -0.2) is 13.2 Å². The molecule has 1 heterocycles. The van der Waals surface area contributed by atoms with Gasteiger partial charge in [0.1, 0.15) is 0 Å². The molecule has 0 spiro atoms. The van der Waals surface area contributed by atoms with Crippen molar-refractivity contribution in [2.75, 3.05) is 19.4 Å². The summed E-state index contributed by atoms with van der Waals surface area (Å²) in [6.07, 6.45) is 0.989. The normalized spacial score (nSPS) is 27.3. The zero-order chi connectivity index (χ0) is 11.5. The highest BCUT2D eigenvalue weighted by Crippen LogP contribution is 2.18. The lowest BCUT2D eigenvalue weighted by atomic mass is 10.1. The standard InChI is InChI=1S/C8H15NO5S/c1-15(12,13)7-3-2-6(14-5-7)4-9-8(10)11/h6-7,9H,2-5H2,1H3,(H,10,11). The summed E-state index contributed by atoms with van der Waals surface area (Å²) in [5.41, 5.74) is 0. The van der Waals surface area contributed by atoms with Crippen LogP contribution in [0.3, 0.4) is 0 Å². The van der Waals surface area contributed by atoms with E-state index < -0.39 is 21.2 Å². The minimum Gasteiger partial charge on any atom is -0.465 e. The van der Waals surface area contributed by atoms with E-state index in [1.54, 1.807) is 0 Å². The lowest BCUT2D eigenvalue weighted by molar-refractivity contribution is 0.0196. The average Bonchev–Trinajstić information content (AvgIpc) is 2.14. The van der Waals surface area contributed by atoms with Gasteiger partial charge in [-0.05, 0) is 12.8 Å². The Morgan fingerprint density at radius 1 is 1.53 bits per heavy atom. The second-order valence-electron chi connectivity index (χ2n) is 3.67. The number of carbonyl (C=O) groups is 1. The molecule has 0 aromatic rings. The van der Waals surface area contributed by atoms with E-state index in [0.29, 0.717) is 12.8 Å². The van der Waals surface area contributed by atoms with Gasteiger partial charge in [-0.15, -0.1) is 0 Å². The molecule has 88 valence electrons. The van der Waals surface area contributed by atoms with Crippen LogP contribution in [0, 0.1) is 0 Å². The Hall–Kier alpha value is -0.820. The first-order valence-electron chi connectivity index (χ1n) is 4.67. The largest absolute Gasteiger partial charge is 0.465 e. The topological polar surface area (TPSA) is 92.7 Å². The van der Waals surface area contributed by atoms with E-state index in [0.717, 1.165) is 0 Å². The highest BCUT2D eigenvalue weighted by Gasteiger charge is 2.28. The van der Waals surface area contributed by atoms with Gasteiger partial charge in [0.15, 0.2) is 9.84 Å². The quantitative estimate of drug-likeness (QED) is 0.712. The Bertz CT molecular complexity index is 318. The van der Waals surface area contributed by atoms with Crippen molar-refractivity contribution in [2.24, 2.45) is 0 Å². The number of hydrogen-bond donors (Lipinski definition) is 2.